The molecule has 3 aromatic rings. The van der Waals surface area contributed by atoms with Gasteiger partial charge in [0.25, 0.3) is 10.0 Å². The third kappa shape index (κ3) is 6.20. The van der Waals surface area contributed by atoms with Crippen LogP contribution in [-0.2, 0) is 38.5 Å². The Morgan fingerprint density at radius 1 is 0.656 bits per heavy atom. The molecule has 0 bridgehead atoms. The standard InChI is InChI=1S/C25H29NO4S2/c1-25(2,3)31(27,28)19-22-13-11-20(12-14-22)9-10-21-15-17-23(18-16-21)26-32(29,30)24-7-5-4-6-8-24/h4-8,11-18,26H,9-10,19H2,1-3H3. The number of benzene rings is 3. The molecule has 3 rings (SSSR count). The van der Waals surface area contributed by atoms with Crippen molar-refractivity contribution in [2.75, 3.05) is 4.72 Å². The highest BCUT2D eigenvalue weighted by Gasteiger charge is 2.28. The largest absolute Gasteiger partial charge is 0.280 e. The molecule has 0 spiro atoms. The molecule has 1 N–H and O–H groups in total. The average Bonchev–Trinajstić information content (AvgIpc) is 2.74. The molecule has 0 aromatic heterocycles. The van der Waals surface area contributed by atoms with Crippen LogP contribution < -0.4 is 4.72 Å². The summed E-state index contributed by atoms with van der Waals surface area (Å²) >= 11 is 0. The maximum atomic E-state index is 12.4. The van der Waals surface area contributed by atoms with E-state index in [1.54, 1.807) is 63.2 Å². The molecule has 0 aliphatic heterocycles. The van der Waals surface area contributed by atoms with Crippen molar-refractivity contribution >= 4 is 25.5 Å². The van der Waals surface area contributed by atoms with Crippen LogP contribution in [0.25, 0.3) is 0 Å². The van der Waals surface area contributed by atoms with Gasteiger partial charge in [0.1, 0.15) is 0 Å². The molecular weight excluding hydrogens is 442 g/mol. The molecule has 0 unspecified atom stereocenters. The molecule has 32 heavy (non-hydrogen) atoms. The van der Waals surface area contributed by atoms with Crippen molar-refractivity contribution in [3.8, 4) is 0 Å². The van der Waals surface area contributed by atoms with Gasteiger partial charge in [0.2, 0.25) is 0 Å². The van der Waals surface area contributed by atoms with Gasteiger partial charge in [-0.15, -0.1) is 0 Å². The fraction of sp³-hybridized carbons (Fsp3) is 0.280. The summed E-state index contributed by atoms with van der Waals surface area (Å²) in [4.78, 5) is 0.225. The zero-order valence-corrected chi connectivity index (χ0v) is 20.2. The van der Waals surface area contributed by atoms with Crippen LogP contribution in [0.3, 0.4) is 0 Å². The Morgan fingerprint density at radius 3 is 1.62 bits per heavy atom. The fourth-order valence-electron chi connectivity index (χ4n) is 3.08. The van der Waals surface area contributed by atoms with Crippen molar-refractivity contribution in [1.82, 2.24) is 0 Å². The molecule has 3 aromatic carbocycles. The van der Waals surface area contributed by atoms with Crippen molar-refractivity contribution in [3.05, 3.63) is 95.6 Å². The van der Waals surface area contributed by atoms with Crippen LogP contribution in [0.15, 0.2) is 83.8 Å². The van der Waals surface area contributed by atoms with Gasteiger partial charge in [0, 0.05) is 5.69 Å². The molecular formula is C25H29NO4S2. The maximum Gasteiger partial charge on any atom is 0.261 e. The molecule has 7 heteroatoms. The lowest BCUT2D eigenvalue weighted by atomic mass is 10.0. The molecule has 0 aliphatic carbocycles. The lowest BCUT2D eigenvalue weighted by Gasteiger charge is -2.19. The lowest BCUT2D eigenvalue weighted by Crippen LogP contribution is -2.29. The molecule has 0 heterocycles. The van der Waals surface area contributed by atoms with E-state index in [9.17, 15) is 16.8 Å². The van der Waals surface area contributed by atoms with Gasteiger partial charge in [-0.05, 0) is 74.6 Å². The highest BCUT2D eigenvalue weighted by atomic mass is 32.2. The maximum absolute atomic E-state index is 12.4. The van der Waals surface area contributed by atoms with Crippen LogP contribution in [0.1, 0.15) is 37.5 Å². The Morgan fingerprint density at radius 2 is 1.12 bits per heavy atom. The summed E-state index contributed by atoms with van der Waals surface area (Å²) in [5.74, 6) is 0.0388. The van der Waals surface area contributed by atoms with Gasteiger partial charge in [-0.1, -0.05) is 54.6 Å². The van der Waals surface area contributed by atoms with Gasteiger partial charge in [0.15, 0.2) is 9.84 Å². The molecule has 170 valence electrons. The minimum atomic E-state index is -3.60. The highest BCUT2D eigenvalue weighted by Crippen LogP contribution is 2.21. The van der Waals surface area contributed by atoms with Crippen molar-refractivity contribution in [2.45, 2.75) is 49.0 Å². The van der Waals surface area contributed by atoms with Crippen molar-refractivity contribution in [2.24, 2.45) is 0 Å². The molecule has 0 atom stereocenters. The smallest absolute Gasteiger partial charge is 0.261 e. The molecule has 0 amide bonds. The van der Waals surface area contributed by atoms with Crippen LogP contribution >= 0.6 is 0 Å². The van der Waals surface area contributed by atoms with Crippen LogP contribution in [0.5, 0.6) is 0 Å². The van der Waals surface area contributed by atoms with E-state index in [1.807, 2.05) is 36.4 Å². The molecule has 0 fully saturated rings. The van der Waals surface area contributed by atoms with E-state index in [-0.39, 0.29) is 10.6 Å². The summed E-state index contributed by atoms with van der Waals surface area (Å²) in [5.41, 5.74) is 3.52. The van der Waals surface area contributed by atoms with Crippen LogP contribution in [-0.4, -0.2) is 21.6 Å². The monoisotopic (exact) mass is 471 g/mol. The molecule has 0 aliphatic rings. The second-order valence-electron chi connectivity index (χ2n) is 8.80. The van der Waals surface area contributed by atoms with E-state index in [0.717, 1.165) is 29.5 Å². The Hall–Kier alpha value is -2.64. The van der Waals surface area contributed by atoms with Crippen LogP contribution in [0.2, 0.25) is 0 Å². The number of rotatable bonds is 8. The van der Waals surface area contributed by atoms with Crippen molar-refractivity contribution in [3.63, 3.8) is 0 Å². The van der Waals surface area contributed by atoms with Gasteiger partial charge < -0.3 is 0 Å². The molecule has 0 saturated carbocycles. The topological polar surface area (TPSA) is 80.3 Å². The minimum Gasteiger partial charge on any atom is -0.280 e. The summed E-state index contributed by atoms with van der Waals surface area (Å²) in [6.45, 7) is 5.15. The summed E-state index contributed by atoms with van der Waals surface area (Å²) in [6.07, 6.45) is 1.60. The number of hydrogen-bond acceptors (Lipinski definition) is 4. The predicted octanol–water partition coefficient (Wildman–Crippen LogP) is 4.99. The number of sulfone groups is 1. The number of aryl methyl sites for hydroxylation is 2. The molecule has 0 radical (unpaired) electrons. The number of anilines is 1. The summed E-state index contributed by atoms with van der Waals surface area (Å²) in [5, 5.41) is 0. The summed E-state index contributed by atoms with van der Waals surface area (Å²) in [7, 11) is -6.80. The second-order valence-corrected chi connectivity index (χ2v) is 13.2. The Balaban J connectivity index is 1.57. The highest BCUT2D eigenvalue weighted by molar-refractivity contribution is 7.92. The third-order valence-electron chi connectivity index (χ3n) is 5.27. The predicted molar refractivity (Wildman–Crippen MR) is 130 cm³/mol. The van der Waals surface area contributed by atoms with Gasteiger partial charge in [0.05, 0.1) is 15.4 Å². The van der Waals surface area contributed by atoms with E-state index in [2.05, 4.69) is 4.72 Å². The SMILES string of the molecule is CC(C)(C)S(=O)(=O)Cc1ccc(CCc2ccc(NS(=O)(=O)c3ccccc3)cc2)cc1. The van der Waals surface area contributed by atoms with Crippen molar-refractivity contribution in [1.29, 1.82) is 0 Å². The third-order valence-corrected chi connectivity index (χ3v) is 9.25. The molecule has 5 nitrogen and oxygen atoms in total. The first kappa shape index (κ1) is 24.0. The van der Waals surface area contributed by atoms with E-state index in [1.165, 1.54) is 0 Å². The first-order chi connectivity index (χ1) is 15.0. The van der Waals surface area contributed by atoms with E-state index < -0.39 is 24.6 Å². The number of sulfonamides is 1. The summed E-state index contributed by atoms with van der Waals surface area (Å²) in [6, 6.07) is 23.3. The first-order valence-corrected chi connectivity index (χ1v) is 13.6. The fourth-order valence-corrected chi connectivity index (χ4v) is 5.22. The zero-order chi connectivity index (χ0) is 23.4. The Kier molecular flexibility index (Phi) is 7.10. The van der Waals surface area contributed by atoms with Gasteiger partial charge >= 0.3 is 0 Å². The Labute approximate surface area is 191 Å². The van der Waals surface area contributed by atoms with Crippen LogP contribution in [0, 0.1) is 0 Å². The van der Waals surface area contributed by atoms with E-state index in [4.69, 9.17) is 0 Å². The molecule has 0 saturated heterocycles. The quantitative estimate of drug-likeness (QED) is 0.502. The first-order valence-electron chi connectivity index (χ1n) is 10.4. The van der Waals surface area contributed by atoms with Crippen molar-refractivity contribution < 1.29 is 16.8 Å². The normalized spacial score (nSPS) is 12.5. The van der Waals surface area contributed by atoms with Gasteiger partial charge in [-0.25, -0.2) is 16.8 Å². The number of nitrogens with one attached hydrogen (secondary N) is 1. The Bertz CT molecular complexity index is 1240. The van der Waals surface area contributed by atoms with E-state index >= 15 is 0 Å². The van der Waals surface area contributed by atoms with Gasteiger partial charge in [-0.3, -0.25) is 4.72 Å². The van der Waals surface area contributed by atoms with Crippen LogP contribution in [0.4, 0.5) is 5.69 Å². The van der Waals surface area contributed by atoms with E-state index in [0.29, 0.717) is 5.69 Å². The lowest BCUT2D eigenvalue weighted by molar-refractivity contribution is 0.559. The number of hydrogen-bond donors (Lipinski definition) is 1. The minimum absolute atomic E-state index is 0.0388. The van der Waals surface area contributed by atoms with Gasteiger partial charge in [-0.2, -0.15) is 0 Å². The second kappa shape index (κ2) is 9.46. The average molecular weight is 472 g/mol. The zero-order valence-electron chi connectivity index (χ0n) is 18.6. The summed E-state index contributed by atoms with van der Waals surface area (Å²) < 4.78 is 51.4.